The molecule has 0 aromatic rings. The van der Waals surface area contributed by atoms with Crippen LogP contribution in [-0.2, 0) is 23.9 Å². The Morgan fingerprint density at radius 2 is 1.39 bits per heavy atom. The average molecular weight is 440 g/mol. The molecule has 2 aliphatic carbocycles. The van der Waals surface area contributed by atoms with Crippen molar-refractivity contribution >= 4 is 17.8 Å². The van der Waals surface area contributed by atoms with Crippen LogP contribution in [0, 0.1) is 23.2 Å². The topological polar surface area (TPSA) is 125 Å². The van der Waals surface area contributed by atoms with Gasteiger partial charge in [0.05, 0.1) is 11.8 Å². The first kappa shape index (κ1) is 25.6. The minimum atomic E-state index is -1.52. The van der Waals surface area contributed by atoms with Gasteiger partial charge in [0, 0.05) is 13.1 Å². The first-order valence-electron chi connectivity index (χ1n) is 11.9. The van der Waals surface area contributed by atoms with Crippen LogP contribution in [0.3, 0.4) is 0 Å². The molecule has 2 rings (SSSR count). The molecule has 0 bridgehead atoms. The van der Waals surface area contributed by atoms with Crippen LogP contribution in [0.1, 0.15) is 72.1 Å². The molecule has 8 heteroatoms. The zero-order valence-corrected chi connectivity index (χ0v) is 19.4. The molecule has 1 atom stereocenters. The number of esters is 2. The van der Waals surface area contributed by atoms with Crippen molar-refractivity contribution in [2.45, 2.75) is 78.4 Å². The van der Waals surface area contributed by atoms with E-state index in [1.807, 2.05) is 13.8 Å². The highest BCUT2D eigenvalue weighted by Crippen LogP contribution is 2.38. The van der Waals surface area contributed by atoms with Crippen LogP contribution in [0.2, 0.25) is 0 Å². The van der Waals surface area contributed by atoms with Crippen molar-refractivity contribution < 1.29 is 23.9 Å². The number of nitrogens with zero attached hydrogens (tertiary/aromatic N) is 1. The van der Waals surface area contributed by atoms with Gasteiger partial charge >= 0.3 is 24.1 Å². The maximum Gasteiger partial charge on any atom is 0.326 e. The van der Waals surface area contributed by atoms with E-state index in [0.29, 0.717) is 57.8 Å². The number of nitrogens with two attached hydrogens (primary N) is 2. The molecule has 31 heavy (non-hydrogen) atoms. The maximum absolute atomic E-state index is 12.9. The van der Waals surface area contributed by atoms with Gasteiger partial charge in [-0.05, 0) is 89.6 Å². The number of hydrogen-bond acceptors (Lipinski definition) is 7. The summed E-state index contributed by atoms with van der Waals surface area (Å²) < 4.78 is 11.0. The molecule has 1 amide bonds. The van der Waals surface area contributed by atoms with Crippen molar-refractivity contribution in [3.05, 3.63) is 0 Å². The monoisotopic (exact) mass is 439 g/mol. The number of carbonyl (C=O) groups excluding carboxylic acids is 3. The molecule has 0 aliphatic heterocycles. The van der Waals surface area contributed by atoms with Crippen LogP contribution in [0.25, 0.3) is 0 Å². The van der Waals surface area contributed by atoms with Gasteiger partial charge in [0.15, 0.2) is 0 Å². The Hall–Kier alpha value is -1.67. The molecule has 2 aliphatic rings. The second-order valence-corrected chi connectivity index (χ2v) is 9.46. The van der Waals surface area contributed by atoms with Gasteiger partial charge in [0.25, 0.3) is 0 Å². The SMILES string of the molecule is CCN(CC)C(=O)C(OC(=O)C1CCC(CN)CC1)OC(=O)C1CCC(C)(CN)CC1. The molecule has 2 saturated carbocycles. The second kappa shape index (κ2) is 11.8. The van der Waals surface area contributed by atoms with Crippen LogP contribution in [0.15, 0.2) is 0 Å². The lowest BCUT2D eigenvalue weighted by molar-refractivity contribution is -0.203. The Morgan fingerprint density at radius 3 is 1.81 bits per heavy atom. The van der Waals surface area contributed by atoms with Gasteiger partial charge in [-0.1, -0.05) is 6.92 Å². The van der Waals surface area contributed by atoms with E-state index in [4.69, 9.17) is 20.9 Å². The number of likely N-dealkylation sites (N-methyl/N-ethyl adjacent to an activating group) is 1. The molecule has 0 radical (unpaired) electrons. The maximum atomic E-state index is 12.9. The van der Waals surface area contributed by atoms with Gasteiger partial charge in [0.1, 0.15) is 0 Å². The minimum Gasteiger partial charge on any atom is -0.415 e. The molecule has 8 nitrogen and oxygen atoms in total. The number of carbonyl (C=O) groups is 3. The quantitative estimate of drug-likeness (QED) is 0.417. The number of rotatable bonds is 9. The molecular formula is C23H41N3O5. The Balaban J connectivity index is 2.02. The normalized spacial score (nSPS) is 29.6. The van der Waals surface area contributed by atoms with Crippen LogP contribution >= 0.6 is 0 Å². The highest BCUT2D eigenvalue weighted by atomic mass is 16.7. The predicted octanol–water partition coefficient (Wildman–Crippen LogP) is 2.19. The Morgan fingerprint density at radius 1 is 0.903 bits per heavy atom. The summed E-state index contributed by atoms with van der Waals surface area (Å²) in [7, 11) is 0. The molecule has 0 saturated heterocycles. The number of ether oxygens (including phenoxy) is 2. The third-order valence-corrected chi connectivity index (χ3v) is 7.26. The zero-order valence-electron chi connectivity index (χ0n) is 19.4. The largest absolute Gasteiger partial charge is 0.415 e. The lowest BCUT2D eigenvalue weighted by Gasteiger charge is -2.36. The van der Waals surface area contributed by atoms with Gasteiger partial charge < -0.3 is 25.8 Å². The fraction of sp³-hybridized carbons (Fsp3) is 0.870. The summed E-state index contributed by atoms with van der Waals surface area (Å²) in [6.45, 7) is 7.90. The van der Waals surface area contributed by atoms with Gasteiger partial charge in [-0.3, -0.25) is 14.4 Å². The van der Waals surface area contributed by atoms with Crippen LogP contribution in [-0.4, -0.2) is 55.2 Å². The minimum absolute atomic E-state index is 0.0437. The third-order valence-electron chi connectivity index (χ3n) is 7.26. The molecule has 0 aromatic heterocycles. The number of hydrogen-bond donors (Lipinski definition) is 2. The van der Waals surface area contributed by atoms with Gasteiger partial charge in [0.2, 0.25) is 0 Å². The van der Waals surface area contributed by atoms with Crippen molar-refractivity contribution in [3.8, 4) is 0 Å². The van der Waals surface area contributed by atoms with E-state index in [-0.39, 0.29) is 17.3 Å². The summed E-state index contributed by atoms with van der Waals surface area (Å²) in [5, 5.41) is 0. The Labute approximate surface area is 186 Å². The highest BCUT2D eigenvalue weighted by Gasteiger charge is 2.38. The summed E-state index contributed by atoms with van der Waals surface area (Å²) in [6, 6.07) is 0. The molecule has 0 heterocycles. The van der Waals surface area contributed by atoms with E-state index in [9.17, 15) is 14.4 Å². The molecule has 0 aromatic carbocycles. The lowest BCUT2D eigenvalue weighted by atomic mass is 9.72. The summed E-state index contributed by atoms with van der Waals surface area (Å²) in [5.41, 5.74) is 11.6. The van der Waals surface area contributed by atoms with Crippen molar-refractivity contribution in [1.82, 2.24) is 4.90 Å². The summed E-state index contributed by atoms with van der Waals surface area (Å²) >= 11 is 0. The Bertz CT molecular complexity index is 606. The molecule has 1 unspecified atom stereocenters. The Kier molecular flexibility index (Phi) is 9.75. The van der Waals surface area contributed by atoms with E-state index < -0.39 is 24.1 Å². The zero-order chi connectivity index (χ0) is 23.0. The smallest absolute Gasteiger partial charge is 0.326 e. The van der Waals surface area contributed by atoms with E-state index in [1.54, 1.807) is 0 Å². The van der Waals surface area contributed by atoms with Gasteiger partial charge in [-0.2, -0.15) is 0 Å². The van der Waals surface area contributed by atoms with Gasteiger partial charge in [-0.15, -0.1) is 0 Å². The van der Waals surface area contributed by atoms with E-state index in [2.05, 4.69) is 6.92 Å². The summed E-state index contributed by atoms with van der Waals surface area (Å²) in [6.07, 6.45) is 4.58. The number of amides is 1. The van der Waals surface area contributed by atoms with Gasteiger partial charge in [-0.25, -0.2) is 0 Å². The summed E-state index contributed by atoms with van der Waals surface area (Å²) in [5.74, 6) is -1.57. The van der Waals surface area contributed by atoms with Crippen molar-refractivity contribution in [3.63, 3.8) is 0 Å². The summed E-state index contributed by atoms with van der Waals surface area (Å²) in [4.78, 5) is 40.0. The van der Waals surface area contributed by atoms with Crippen LogP contribution < -0.4 is 11.5 Å². The van der Waals surface area contributed by atoms with E-state index >= 15 is 0 Å². The molecular weight excluding hydrogens is 398 g/mol. The van der Waals surface area contributed by atoms with Crippen LogP contribution in [0.5, 0.6) is 0 Å². The predicted molar refractivity (Wildman–Crippen MR) is 118 cm³/mol. The lowest BCUT2D eigenvalue weighted by Crippen LogP contribution is -2.45. The fourth-order valence-electron chi connectivity index (χ4n) is 4.60. The molecule has 0 spiro atoms. The van der Waals surface area contributed by atoms with E-state index in [1.165, 1.54) is 4.90 Å². The fourth-order valence-corrected chi connectivity index (χ4v) is 4.60. The first-order valence-corrected chi connectivity index (χ1v) is 11.9. The molecule has 2 fully saturated rings. The average Bonchev–Trinajstić information content (AvgIpc) is 2.79. The van der Waals surface area contributed by atoms with E-state index in [0.717, 1.165) is 25.7 Å². The third kappa shape index (κ3) is 6.91. The molecule has 178 valence electrons. The van der Waals surface area contributed by atoms with Crippen molar-refractivity contribution in [2.75, 3.05) is 26.2 Å². The first-order chi connectivity index (χ1) is 14.8. The second-order valence-electron chi connectivity index (χ2n) is 9.46. The highest BCUT2D eigenvalue weighted by molar-refractivity contribution is 5.86. The van der Waals surface area contributed by atoms with Crippen LogP contribution in [0.4, 0.5) is 0 Å². The standard InChI is InChI=1S/C23H41N3O5/c1-4-26(5-2)19(27)22(30-20(28)17-8-6-16(14-24)7-9-17)31-21(29)18-10-12-23(3,15-25)13-11-18/h16-18,22H,4-15,24-25H2,1-3H3. The van der Waals surface area contributed by atoms with Crippen molar-refractivity contribution in [1.29, 1.82) is 0 Å². The van der Waals surface area contributed by atoms with Crippen molar-refractivity contribution in [2.24, 2.45) is 34.6 Å². The molecule has 4 N–H and O–H groups in total.